The van der Waals surface area contributed by atoms with Crippen molar-refractivity contribution in [1.82, 2.24) is 20.2 Å². The molecule has 2 amide bonds. The molecule has 5 nitrogen and oxygen atoms in total. The van der Waals surface area contributed by atoms with Crippen molar-refractivity contribution in [2.75, 3.05) is 6.54 Å². The highest BCUT2D eigenvalue weighted by Crippen LogP contribution is 2.01. The van der Waals surface area contributed by atoms with Gasteiger partial charge in [-0.15, -0.1) is 0 Å². The quantitative estimate of drug-likeness (QED) is 0.769. The Kier molecular flexibility index (Phi) is 5.75. The van der Waals surface area contributed by atoms with Gasteiger partial charge in [0.05, 0.1) is 6.33 Å². The van der Waals surface area contributed by atoms with Crippen LogP contribution in [0.4, 0.5) is 9.18 Å². The summed E-state index contributed by atoms with van der Waals surface area (Å²) in [5.41, 5.74) is 0.867. The van der Waals surface area contributed by atoms with Crippen LogP contribution in [0.15, 0.2) is 43.0 Å². The number of urea groups is 1. The molecule has 0 saturated carbocycles. The third kappa shape index (κ3) is 5.64. The number of halogens is 1. The maximum Gasteiger partial charge on any atom is 0.315 e. The number of nitrogens with zero attached hydrogens (tertiary/aromatic N) is 2. The van der Waals surface area contributed by atoms with Crippen LogP contribution >= 0.6 is 0 Å². The normalized spacial score (nSPS) is 10.3. The molecule has 1 aromatic heterocycles. The molecule has 112 valence electrons. The number of aromatic nitrogens is 2. The zero-order valence-electron chi connectivity index (χ0n) is 11.8. The molecule has 0 aliphatic heterocycles. The number of unbranched alkanes of at least 4 members (excludes halogenated alkanes) is 1. The molecule has 1 aromatic carbocycles. The van der Waals surface area contributed by atoms with E-state index in [0.29, 0.717) is 13.1 Å². The van der Waals surface area contributed by atoms with Gasteiger partial charge in [0.25, 0.3) is 0 Å². The van der Waals surface area contributed by atoms with Crippen molar-refractivity contribution in [2.45, 2.75) is 25.9 Å². The number of benzene rings is 1. The average Bonchev–Trinajstić information content (AvgIpc) is 2.99. The molecular formula is C15H19FN4O. The molecule has 0 saturated heterocycles. The van der Waals surface area contributed by atoms with E-state index < -0.39 is 0 Å². The van der Waals surface area contributed by atoms with Crippen molar-refractivity contribution in [3.05, 3.63) is 54.4 Å². The highest BCUT2D eigenvalue weighted by atomic mass is 19.1. The number of amides is 2. The van der Waals surface area contributed by atoms with Crippen LogP contribution in [0.25, 0.3) is 0 Å². The molecule has 0 aliphatic rings. The van der Waals surface area contributed by atoms with Gasteiger partial charge in [0, 0.05) is 32.0 Å². The van der Waals surface area contributed by atoms with Gasteiger partial charge in [-0.05, 0) is 30.5 Å². The largest absolute Gasteiger partial charge is 0.338 e. The minimum atomic E-state index is -0.277. The summed E-state index contributed by atoms with van der Waals surface area (Å²) in [6.07, 6.45) is 7.34. The van der Waals surface area contributed by atoms with Crippen LogP contribution < -0.4 is 10.6 Å². The van der Waals surface area contributed by atoms with Crippen molar-refractivity contribution in [2.24, 2.45) is 0 Å². The molecule has 1 heterocycles. The molecule has 0 unspecified atom stereocenters. The van der Waals surface area contributed by atoms with Crippen LogP contribution in [0.1, 0.15) is 18.4 Å². The first-order valence-electron chi connectivity index (χ1n) is 6.96. The fraction of sp³-hybridized carbons (Fsp3) is 0.333. The van der Waals surface area contributed by atoms with Crippen molar-refractivity contribution >= 4 is 6.03 Å². The lowest BCUT2D eigenvalue weighted by Crippen LogP contribution is -2.35. The first kappa shape index (κ1) is 15.0. The molecule has 0 fully saturated rings. The summed E-state index contributed by atoms with van der Waals surface area (Å²) in [6.45, 7) is 1.92. The summed E-state index contributed by atoms with van der Waals surface area (Å²) in [6, 6.07) is 5.86. The lowest BCUT2D eigenvalue weighted by Gasteiger charge is -2.08. The molecule has 2 rings (SSSR count). The second-order valence-electron chi connectivity index (χ2n) is 4.74. The number of aryl methyl sites for hydroxylation is 1. The van der Waals surface area contributed by atoms with Crippen LogP contribution in [-0.4, -0.2) is 22.1 Å². The van der Waals surface area contributed by atoms with Crippen molar-refractivity contribution in [3.8, 4) is 0 Å². The Morgan fingerprint density at radius 1 is 1.19 bits per heavy atom. The van der Waals surface area contributed by atoms with E-state index in [9.17, 15) is 9.18 Å². The minimum absolute atomic E-state index is 0.207. The molecule has 6 heteroatoms. The smallest absolute Gasteiger partial charge is 0.315 e. The summed E-state index contributed by atoms with van der Waals surface area (Å²) in [7, 11) is 0. The zero-order chi connectivity index (χ0) is 14.9. The van der Waals surface area contributed by atoms with Crippen LogP contribution in [0.3, 0.4) is 0 Å². The summed E-state index contributed by atoms with van der Waals surface area (Å²) in [5.74, 6) is -0.277. The Labute approximate surface area is 123 Å². The van der Waals surface area contributed by atoms with Crippen molar-refractivity contribution in [1.29, 1.82) is 0 Å². The van der Waals surface area contributed by atoms with Gasteiger partial charge in [-0.2, -0.15) is 0 Å². The standard InChI is InChI=1S/C15H19FN4O/c16-14-5-3-13(4-6-14)11-19-15(21)18-7-1-2-9-20-10-8-17-12-20/h3-6,8,10,12H,1-2,7,9,11H2,(H2,18,19,21). The fourth-order valence-corrected chi connectivity index (χ4v) is 1.89. The predicted molar refractivity (Wildman–Crippen MR) is 78.1 cm³/mol. The molecule has 2 aromatic rings. The minimum Gasteiger partial charge on any atom is -0.338 e. The molecule has 21 heavy (non-hydrogen) atoms. The van der Waals surface area contributed by atoms with Gasteiger partial charge >= 0.3 is 6.03 Å². The van der Waals surface area contributed by atoms with Gasteiger partial charge in [-0.1, -0.05) is 12.1 Å². The average molecular weight is 290 g/mol. The van der Waals surface area contributed by atoms with Crippen molar-refractivity contribution in [3.63, 3.8) is 0 Å². The van der Waals surface area contributed by atoms with Gasteiger partial charge in [-0.25, -0.2) is 14.2 Å². The Balaban J connectivity index is 1.54. The number of nitrogens with one attached hydrogen (secondary N) is 2. The van der Waals surface area contributed by atoms with Crippen LogP contribution in [0.2, 0.25) is 0 Å². The van der Waals surface area contributed by atoms with E-state index in [0.717, 1.165) is 24.9 Å². The Hall–Kier alpha value is -2.37. The number of hydrogen-bond donors (Lipinski definition) is 2. The Morgan fingerprint density at radius 2 is 2.00 bits per heavy atom. The number of carbonyl (C=O) groups excluding carboxylic acids is 1. The number of carbonyl (C=O) groups is 1. The van der Waals surface area contributed by atoms with Gasteiger partial charge in [0.15, 0.2) is 0 Å². The summed E-state index contributed by atoms with van der Waals surface area (Å²) < 4.78 is 14.7. The molecule has 0 bridgehead atoms. The van der Waals surface area contributed by atoms with E-state index in [1.54, 1.807) is 24.7 Å². The van der Waals surface area contributed by atoms with E-state index in [-0.39, 0.29) is 11.8 Å². The fourth-order valence-electron chi connectivity index (χ4n) is 1.89. The maximum atomic E-state index is 12.7. The highest BCUT2D eigenvalue weighted by Gasteiger charge is 2.00. The van der Waals surface area contributed by atoms with E-state index >= 15 is 0 Å². The second kappa shape index (κ2) is 8.04. The first-order chi connectivity index (χ1) is 10.2. The molecule has 0 atom stereocenters. The topological polar surface area (TPSA) is 59.0 Å². The van der Waals surface area contributed by atoms with Crippen LogP contribution in [-0.2, 0) is 13.1 Å². The van der Waals surface area contributed by atoms with E-state index in [4.69, 9.17) is 0 Å². The molecule has 0 spiro atoms. The monoisotopic (exact) mass is 290 g/mol. The van der Waals surface area contributed by atoms with Crippen molar-refractivity contribution < 1.29 is 9.18 Å². The van der Waals surface area contributed by atoms with E-state index in [2.05, 4.69) is 15.6 Å². The maximum absolute atomic E-state index is 12.7. The third-order valence-corrected chi connectivity index (χ3v) is 3.05. The molecule has 2 N–H and O–H groups in total. The third-order valence-electron chi connectivity index (χ3n) is 3.05. The van der Waals surface area contributed by atoms with E-state index in [1.165, 1.54) is 12.1 Å². The van der Waals surface area contributed by atoms with Gasteiger partial charge in [0.2, 0.25) is 0 Å². The summed E-state index contributed by atoms with van der Waals surface area (Å²) in [5, 5.41) is 5.53. The zero-order valence-corrected chi connectivity index (χ0v) is 11.8. The Morgan fingerprint density at radius 3 is 2.71 bits per heavy atom. The van der Waals surface area contributed by atoms with Gasteiger partial charge in [-0.3, -0.25) is 0 Å². The summed E-state index contributed by atoms with van der Waals surface area (Å²) in [4.78, 5) is 15.5. The highest BCUT2D eigenvalue weighted by molar-refractivity contribution is 5.73. The van der Waals surface area contributed by atoms with Crippen LogP contribution in [0, 0.1) is 5.82 Å². The Bertz CT molecular complexity index is 539. The molecule has 0 aliphatic carbocycles. The number of rotatable bonds is 7. The van der Waals surface area contributed by atoms with E-state index in [1.807, 2.05) is 10.8 Å². The number of hydrogen-bond acceptors (Lipinski definition) is 2. The lowest BCUT2D eigenvalue weighted by molar-refractivity contribution is 0.240. The predicted octanol–water partition coefficient (Wildman–Crippen LogP) is 2.30. The first-order valence-corrected chi connectivity index (χ1v) is 6.96. The summed E-state index contributed by atoms with van der Waals surface area (Å²) >= 11 is 0. The second-order valence-corrected chi connectivity index (χ2v) is 4.74. The molecule has 0 radical (unpaired) electrons. The molecular weight excluding hydrogens is 271 g/mol. The SMILES string of the molecule is O=C(NCCCCn1ccnc1)NCc1ccc(F)cc1. The van der Waals surface area contributed by atoms with Crippen LogP contribution in [0.5, 0.6) is 0 Å². The number of imidazole rings is 1. The van der Waals surface area contributed by atoms with Gasteiger partial charge in [0.1, 0.15) is 5.82 Å². The lowest BCUT2D eigenvalue weighted by atomic mass is 10.2. The van der Waals surface area contributed by atoms with Gasteiger partial charge < -0.3 is 15.2 Å².